The molecule has 3 nitrogen and oxygen atoms in total. The van der Waals surface area contributed by atoms with Gasteiger partial charge in [0.2, 0.25) is 0 Å². The van der Waals surface area contributed by atoms with E-state index in [9.17, 15) is 5.11 Å². The maximum Gasteiger partial charge on any atom is 0.116 e. The fourth-order valence-corrected chi connectivity index (χ4v) is 2.41. The molecule has 0 aliphatic carbocycles. The summed E-state index contributed by atoms with van der Waals surface area (Å²) in [6.45, 7) is 1.10. The summed E-state index contributed by atoms with van der Waals surface area (Å²) in [5, 5.41) is 10.7. The van der Waals surface area contributed by atoms with Gasteiger partial charge in [0.1, 0.15) is 11.6 Å². The van der Waals surface area contributed by atoms with Gasteiger partial charge in [-0.1, -0.05) is 0 Å². The topological polar surface area (TPSA) is 39.3 Å². The number of aromatic nitrogens is 1. The number of hydrogen-bond acceptors (Lipinski definition) is 2. The van der Waals surface area contributed by atoms with E-state index in [2.05, 4.69) is 16.9 Å². The van der Waals surface area contributed by atoms with Crippen molar-refractivity contribution in [3.8, 4) is 5.75 Å². The van der Waals surface area contributed by atoms with Crippen LogP contribution in [0.5, 0.6) is 5.75 Å². The summed E-state index contributed by atoms with van der Waals surface area (Å²) in [5.74, 6) is 1.55. The lowest BCUT2D eigenvalue weighted by molar-refractivity contribution is 0.476. The Balaban J connectivity index is 2.31. The van der Waals surface area contributed by atoms with Gasteiger partial charge in [-0.05, 0) is 31.0 Å². The fourth-order valence-electron chi connectivity index (χ4n) is 2.41. The summed E-state index contributed by atoms with van der Waals surface area (Å²) in [6, 6.07) is 5.52. The number of nitrogens with one attached hydrogen (secondary N) is 1. The van der Waals surface area contributed by atoms with Crippen LogP contribution in [-0.2, 0) is 6.42 Å². The molecule has 0 radical (unpaired) electrons. The second-order valence-electron chi connectivity index (χ2n) is 4.21. The molecule has 1 aliphatic rings. The number of rotatable bonds is 0. The predicted molar refractivity (Wildman–Crippen MR) is 61.6 cm³/mol. The first-order valence-electron chi connectivity index (χ1n) is 5.30. The van der Waals surface area contributed by atoms with Crippen molar-refractivity contribution >= 4 is 16.7 Å². The number of phenols is 1. The highest BCUT2D eigenvalue weighted by molar-refractivity contribution is 5.90. The van der Waals surface area contributed by atoms with Gasteiger partial charge in [-0.3, -0.25) is 0 Å². The van der Waals surface area contributed by atoms with Crippen molar-refractivity contribution in [1.82, 2.24) is 4.98 Å². The molecule has 0 saturated heterocycles. The summed E-state index contributed by atoms with van der Waals surface area (Å²) in [6.07, 6.45) is 2.29. The molecule has 1 aromatic carbocycles. The van der Waals surface area contributed by atoms with E-state index in [0.717, 1.165) is 23.9 Å². The lowest BCUT2D eigenvalue weighted by atomic mass is 10.0. The third kappa shape index (κ3) is 1.19. The molecule has 0 saturated carbocycles. The van der Waals surface area contributed by atoms with Crippen LogP contribution in [0.3, 0.4) is 0 Å². The largest absolute Gasteiger partial charge is 0.508 e. The van der Waals surface area contributed by atoms with E-state index in [-0.39, 0.29) is 0 Å². The zero-order valence-corrected chi connectivity index (χ0v) is 8.75. The second kappa shape index (κ2) is 2.92. The smallest absolute Gasteiger partial charge is 0.116 e. The number of aryl methyl sites for hydroxylation is 1. The highest BCUT2D eigenvalue weighted by Gasteiger charge is 2.18. The lowest BCUT2D eigenvalue weighted by Gasteiger charge is -2.24. The van der Waals surface area contributed by atoms with E-state index in [4.69, 9.17) is 0 Å². The minimum absolute atomic E-state index is 0.345. The van der Waals surface area contributed by atoms with Crippen molar-refractivity contribution < 1.29 is 5.11 Å². The van der Waals surface area contributed by atoms with Gasteiger partial charge in [0.15, 0.2) is 0 Å². The van der Waals surface area contributed by atoms with Gasteiger partial charge >= 0.3 is 0 Å². The van der Waals surface area contributed by atoms with Crippen molar-refractivity contribution in [2.45, 2.75) is 12.8 Å². The van der Waals surface area contributed by atoms with Crippen molar-refractivity contribution in [1.29, 1.82) is 0 Å². The van der Waals surface area contributed by atoms with Crippen LogP contribution in [0.2, 0.25) is 0 Å². The molecule has 2 aromatic rings. The number of hydrogen-bond donors (Lipinski definition) is 2. The Hall–Kier alpha value is -1.64. The summed E-state index contributed by atoms with van der Waals surface area (Å²) in [7, 11) is 2.10. The molecule has 0 bridgehead atoms. The Kier molecular flexibility index (Phi) is 1.69. The SMILES string of the molecule is CN1CCCc2c1[nH]c1ccc(O)cc21. The third-order valence-corrected chi connectivity index (χ3v) is 3.17. The molecule has 0 amide bonds. The van der Waals surface area contributed by atoms with Gasteiger partial charge < -0.3 is 15.0 Å². The highest BCUT2D eigenvalue weighted by Crippen LogP contribution is 2.34. The number of fused-ring (bicyclic) bond motifs is 3. The Bertz CT molecular complexity index is 516. The van der Waals surface area contributed by atoms with Gasteiger partial charge in [-0.25, -0.2) is 0 Å². The number of anilines is 1. The van der Waals surface area contributed by atoms with E-state index >= 15 is 0 Å². The number of phenolic OH excluding ortho intramolecular Hbond substituents is 1. The van der Waals surface area contributed by atoms with Crippen LogP contribution in [0.4, 0.5) is 5.82 Å². The Morgan fingerprint density at radius 1 is 1.40 bits per heavy atom. The minimum Gasteiger partial charge on any atom is -0.508 e. The molecule has 1 aliphatic heterocycles. The van der Waals surface area contributed by atoms with Crippen LogP contribution in [0, 0.1) is 0 Å². The molecular weight excluding hydrogens is 188 g/mol. The highest BCUT2D eigenvalue weighted by atomic mass is 16.3. The van der Waals surface area contributed by atoms with Crippen LogP contribution in [0.25, 0.3) is 10.9 Å². The standard InChI is InChI=1S/C12H14N2O/c1-14-6-2-3-9-10-7-8(15)4-5-11(10)13-12(9)14/h4-5,7,13,15H,2-3,6H2,1H3. The minimum atomic E-state index is 0.345. The summed E-state index contributed by atoms with van der Waals surface area (Å²) in [5.41, 5.74) is 2.46. The third-order valence-electron chi connectivity index (χ3n) is 3.17. The molecule has 0 atom stereocenters. The second-order valence-corrected chi connectivity index (χ2v) is 4.21. The van der Waals surface area contributed by atoms with Crippen molar-refractivity contribution in [3.63, 3.8) is 0 Å². The van der Waals surface area contributed by atoms with E-state index in [1.165, 1.54) is 17.8 Å². The van der Waals surface area contributed by atoms with Crippen LogP contribution in [0.15, 0.2) is 18.2 Å². The van der Waals surface area contributed by atoms with Crippen LogP contribution < -0.4 is 4.90 Å². The molecular formula is C12H14N2O. The molecule has 0 fully saturated rings. The predicted octanol–water partition coefficient (Wildman–Crippen LogP) is 2.26. The molecule has 15 heavy (non-hydrogen) atoms. The average molecular weight is 202 g/mol. The van der Waals surface area contributed by atoms with E-state index in [0.29, 0.717) is 5.75 Å². The summed E-state index contributed by atoms with van der Waals surface area (Å²) < 4.78 is 0. The molecule has 0 unspecified atom stereocenters. The number of aromatic amines is 1. The number of aromatic hydroxyl groups is 1. The molecule has 2 heterocycles. The zero-order valence-electron chi connectivity index (χ0n) is 8.75. The first kappa shape index (κ1) is 8.65. The lowest BCUT2D eigenvalue weighted by Crippen LogP contribution is -2.24. The van der Waals surface area contributed by atoms with Gasteiger partial charge in [0.05, 0.1) is 0 Å². The maximum absolute atomic E-state index is 9.49. The van der Waals surface area contributed by atoms with Gasteiger partial charge in [0.25, 0.3) is 0 Å². The summed E-state index contributed by atoms with van der Waals surface area (Å²) in [4.78, 5) is 5.65. The molecule has 3 heteroatoms. The molecule has 3 rings (SSSR count). The molecule has 2 N–H and O–H groups in total. The normalized spacial score (nSPS) is 15.7. The van der Waals surface area contributed by atoms with Gasteiger partial charge in [-0.15, -0.1) is 0 Å². The first-order valence-corrected chi connectivity index (χ1v) is 5.30. The molecule has 1 aromatic heterocycles. The summed E-state index contributed by atoms with van der Waals surface area (Å²) >= 11 is 0. The van der Waals surface area contributed by atoms with Crippen LogP contribution >= 0.6 is 0 Å². The number of H-pyrrole nitrogens is 1. The molecule has 0 spiro atoms. The van der Waals surface area contributed by atoms with E-state index in [1.54, 1.807) is 6.07 Å². The van der Waals surface area contributed by atoms with Crippen molar-refractivity contribution in [2.75, 3.05) is 18.5 Å². The Labute approximate surface area is 88.3 Å². The van der Waals surface area contributed by atoms with Gasteiger partial charge in [-0.2, -0.15) is 0 Å². The first-order chi connectivity index (χ1) is 7.25. The monoisotopic (exact) mass is 202 g/mol. The van der Waals surface area contributed by atoms with E-state index in [1.807, 2.05) is 12.1 Å². The fraction of sp³-hybridized carbons (Fsp3) is 0.333. The van der Waals surface area contributed by atoms with Gasteiger partial charge in [0, 0.05) is 30.1 Å². The average Bonchev–Trinajstić information content (AvgIpc) is 2.58. The van der Waals surface area contributed by atoms with Crippen molar-refractivity contribution in [2.24, 2.45) is 0 Å². The number of nitrogens with zero attached hydrogens (tertiary/aromatic N) is 1. The Morgan fingerprint density at radius 3 is 3.13 bits per heavy atom. The van der Waals surface area contributed by atoms with Crippen LogP contribution in [-0.4, -0.2) is 23.7 Å². The molecule has 78 valence electrons. The maximum atomic E-state index is 9.49. The van der Waals surface area contributed by atoms with Crippen molar-refractivity contribution in [3.05, 3.63) is 23.8 Å². The zero-order chi connectivity index (χ0) is 10.4. The van der Waals surface area contributed by atoms with E-state index < -0.39 is 0 Å². The quantitative estimate of drug-likeness (QED) is 0.687. The number of benzene rings is 1. The Morgan fingerprint density at radius 2 is 2.27 bits per heavy atom. The van der Waals surface area contributed by atoms with Crippen LogP contribution in [0.1, 0.15) is 12.0 Å².